The molecule has 1 radical (unpaired) electrons. The molecule has 0 aliphatic carbocycles. The lowest BCUT2D eigenvalue weighted by molar-refractivity contribution is 0.450. The summed E-state index contributed by atoms with van der Waals surface area (Å²) in [6.07, 6.45) is 6.77. The Kier molecular flexibility index (Phi) is 4.99. The van der Waals surface area contributed by atoms with Gasteiger partial charge in [0.2, 0.25) is 0 Å². The van der Waals surface area contributed by atoms with Crippen molar-refractivity contribution in [3.05, 3.63) is 70.4 Å². The number of aryl methyl sites for hydroxylation is 2. The molecular weight excluding hydrogens is 372 g/mol. The molecule has 3 aromatic carbocycles. The minimum atomic E-state index is 0.703. The smallest absolute Gasteiger partial charge is 0.155 e. The van der Waals surface area contributed by atoms with Crippen LogP contribution in [0.15, 0.2) is 52.4 Å². The lowest BCUT2D eigenvalue weighted by atomic mass is 9.96. The molecule has 3 aromatic rings. The maximum atomic E-state index is 6.27. The minimum absolute atomic E-state index is 0.703. The van der Waals surface area contributed by atoms with Gasteiger partial charge in [0.1, 0.15) is 22.1 Å². The topological polar surface area (TPSA) is 43.2 Å². The zero-order valence-electron chi connectivity index (χ0n) is 17.5. The summed E-state index contributed by atoms with van der Waals surface area (Å²) in [7, 11) is 0. The maximum absolute atomic E-state index is 6.27. The SMILES string of the molecule is CCCCc1[c]c2c(cc1CCCC)Oc1cc3c(cc1=N2)Oc1ccccc1N=3. The van der Waals surface area contributed by atoms with Gasteiger partial charge in [-0.2, -0.15) is 0 Å². The van der Waals surface area contributed by atoms with Gasteiger partial charge in [-0.15, -0.1) is 0 Å². The molecule has 0 saturated heterocycles. The van der Waals surface area contributed by atoms with Crippen LogP contribution < -0.4 is 20.2 Å². The van der Waals surface area contributed by atoms with Gasteiger partial charge in [-0.05, 0) is 55.0 Å². The second-order valence-corrected chi connectivity index (χ2v) is 7.88. The van der Waals surface area contributed by atoms with E-state index in [1.165, 1.54) is 30.4 Å². The van der Waals surface area contributed by atoms with Gasteiger partial charge in [-0.1, -0.05) is 38.8 Å². The van der Waals surface area contributed by atoms with Crippen LogP contribution in [0.1, 0.15) is 50.7 Å². The molecule has 5 rings (SSSR count). The summed E-state index contributed by atoms with van der Waals surface area (Å²) < 4.78 is 12.3. The van der Waals surface area contributed by atoms with E-state index in [-0.39, 0.29) is 0 Å². The third-order valence-corrected chi connectivity index (χ3v) is 5.59. The first kappa shape index (κ1) is 18.9. The van der Waals surface area contributed by atoms with Crippen LogP contribution in [-0.4, -0.2) is 0 Å². The molecule has 0 atom stereocenters. The first-order valence-corrected chi connectivity index (χ1v) is 10.9. The van der Waals surface area contributed by atoms with Crippen LogP contribution in [0.3, 0.4) is 0 Å². The highest BCUT2D eigenvalue weighted by molar-refractivity contribution is 5.60. The van der Waals surface area contributed by atoms with E-state index in [0.29, 0.717) is 11.5 Å². The Hall–Kier alpha value is -3.14. The summed E-state index contributed by atoms with van der Waals surface area (Å²) >= 11 is 0. The van der Waals surface area contributed by atoms with Crippen LogP contribution in [0.25, 0.3) is 0 Å². The molecule has 4 nitrogen and oxygen atoms in total. The van der Waals surface area contributed by atoms with Crippen molar-refractivity contribution in [1.29, 1.82) is 0 Å². The molecule has 0 unspecified atom stereocenters. The van der Waals surface area contributed by atoms with Crippen LogP contribution in [0.2, 0.25) is 0 Å². The van der Waals surface area contributed by atoms with Crippen molar-refractivity contribution in [2.45, 2.75) is 52.4 Å². The van der Waals surface area contributed by atoms with E-state index in [2.05, 4.69) is 26.0 Å². The Morgan fingerprint density at radius 3 is 2.27 bits per heavy atom. The molecular formula is C26H25N2O2. The largest absolute Gasteiger partial charge is 0.453 e. The standard InChI is InChI=1S/C26H25N2O2/c1-3-5-9-17-13-20-24(14-18(17)10-6-4-2)30-26-15-21-25(16-22(26)28-20)29-23-12-8-7-11-19(23)27-21/h7-8,11-12,14-16H,3-6,9-10H2,1-2H3. The molecule has 4 heteroatoms. The fraction of sp³-hybridized carbons (Fsp3) is 0.308. The highest BCUT2D eigenvalue weighted by Crippen LogP contribution is 2.38. The number of ether oxygens (including phenoxy) is 2. The maximum Gasteiger partial charge on any atom is 0.155 e. The number of fused-ring (bicyclic) bond motifs is 4. The highest BCUT2D eigenvalue weighted by atomic mass is 16.5. The number of unbranched alkanes of at least 4 members (excludes halogenated alkanes) is 2. The zero-order chi connectivity index (χ0) is 20.5. The van der Waals surface area contributed by atoms with Gasteiger partial charge in [-0.25, -0.2) is 9.98 Å². The van der Waals surface area contributed by atoms with Gasteiger partial charge in [-0.3, -0.25) is 0 Å². The van der Waals surface area contributed by atoms with Crippen molar-refractivity contribution in [3.8, 4) is 23.0 Å². The first-order chi connectivity index (χ1) is 14.7. The molecule has 2 aliphatic rings. The Bertz CT molecular complexity index is 1230. The molecule has 0 fully saturated rings. The van der Waals surface area contributed by atoms with E-state index in [9.17, 15) is 0 Å². The van der Waals surface area contributed by atoms with Crippen molar-refractivity contribution in [1.82, 2.24) is 0 Å². The van der Waals surface area contributed by atoms with E-state index < -0.39 is 0 Å². The Morgan fingerprint density at radius 1 is 0.767 bits per heavy atom. The fourth-order valence-electron chi connectivity index (χ4n) is 3.93. The lowest BCUT2D eigenvalue weighted by Gasteiger charge is -2.19. The monoisotopic (exact) mass is 397 g/mol. The van der Waals surface area contributed by atoms with Gasteiger partial charge in [0.15, 0.2) is 23.0 Å². The van der Waals surface area contributed by atoms with Crippen LogP contribution in [0, 0.1) is 6.07 Å². The van der Waals surface area contributed by atoms with Crippen LogP contribution >= 0.6 is 0 Å². The van der Waals surface area contributed by atoms with Gasteiger partial charge < -0.3 is 9.47 Å². The normalized spacial score (nSPS) is 12.9. The van der Waals surface area contributed by atoms with E-state index in [1.807, 2.05) is 36.4 Å². The lowest BCUT2D eigenvalue weighted by Crippen LogP contribution is -2.18. The van der Waals surface area contributed by atoms with Gasteiger partial charge >= 0.3 is 0 Å². The first-order valence-electron chi connectivity index (χ1n) is 10.9. The number of nitrogens with zero attached hydrogens (tertiary/aromatic N) is 2. The average Bonchev–Trinajstić information content (AvgIpc) is 2.77. The predicted molar refractivity (Wildman–Crippen MR) is 117 cm³/mol. The minimum Gasteiger partial charge on any atom is -0.453 e. The molecule has 0 aromatic heterocycles. The Balaban J connectivity index is 1.58. The molecule has 0 saturated carbocycles. The summed E-state index contributed by atoms with van der Waals surface area (Å²) in [5, 5.41) is 1.52. The molecule has 0 amide bonds. The Morgan fingerprint density at radius 2 is 1.47 bits per heavy atom. The number of para-hydroxylation sites is 2. The second-order valence-electron chi connectivity index (χ2n) is 7.88. The van der Waals surface area contributed by atoms with E-state index in [1.54, 1.807) is 0 Å². The number of rotatable bonds is 6. The summed E-state index contributed by atoms with van der Waals surface area (Å²) in [6, 6.07) is 17.3. The van der Waals surface area contributed by atoms with Gasteiger partial charge in [0.25, 0.3) is 0 Å². The molecule has 2 aliphatic heterocycles. The summed E-state index contributed by atoms with van der Waals surface area (Å²) in [6.45, 7) is 4.45. The molecule has 0 N–H and O–H groups in total. The van der Waals surface area contributed by atoms with E-state index in [4.69, 9.17) is 19.5 Å². The zero-order valence-corrected chi connectivity index (χ0v) is 17.5. The molecule has 151 valence electrons. The van der Waals surface area contributed by atoms with Gasteiger partial charge in [0, 0.05) is 18.2 Å². The molecule has 30 heavy (non-hydrogen) atoms. The highest BCUT2D eigenvalue weighted by Gasteiger charge is 2.20. The Labute approximate surface area is 176 Å². The summed E-state index contributed by atoms with van der Waals surface area (Å²) in [5.74, 6) is 2.96. The number of hydrogen-bond acceptors (Lipinski definition) is 4. The van der Waals surface area contributed by atoms with Gasteiger partial charge in [0.05, 0.1) is 0 Å². The quantitative estimate of drug-likeness (QED) is 0.338. The summed E-state index contributed by atoms with van der Waals surface area (Å²) in [4.78, 5) is 9.59. The molecule has 2 heterocycles. The predicted octanol–water partition coefficient (Wildman–Crippen LogP) is 6.29. The number of hydrogen-bond donors (Lipinski definition) is 0. The van der Waals surface area contributed by atoms with E-state index in [0.717, 1.165) is 52.9 Å². The van der Waals surface area contributed by atoms with Crippen molar-refractivity contribution in [3.63, 3.8) is 0 Å². The van der Waals surface area contributed by atoms with Crippen molar-refractivity contribution < 1.29 is 9.47 Å². The van der Waals surface area contributed by atoms with Crippen LogP contribution in [0.4, 0.5) is 11.4 Å². The van der Waals surface area contributed by atoms with Crippen molar-refractivity contribution >= 4 is 11.4 Å². The third-order valence-electron chi connectivity index (χ3n) is 5.59. The van der Waals surface area contributed by atoms with E-state index >= 15 is 0 Å². The molecule has 0 spiro atoms. The average molecular weight is 397 g/mol. The van der Waals surface area contributed by atoms with Crippen molar-refractivity contribution in [2.75, 3.05) is 0 Å². The summed E-state index contributed by atoms with van der Waals surface area (Å²) in [5.41, 5.74) is 4.22. The molecule has 0 bridgehead atoms. The van der Waals surface area contributed by atoms with Crippen molar-refractivity contribution in [2.24, 2.45) is 9.98 Å². The third kappa shape index (κ3) is 3.47. The number of benzene rings is 3. The van der Waals surface area contributed by atoms with Crippen LogP contribution in [-0.2, 0) is 12.8 Å². The fourth-order valence-corrected chi connectivity index (χ4v) is 3.93. The van der Waals surface area contributed by atoms with Crippen LogP contribution in [0.5, 0.6) is 23.0 Å². The second kappa shape index (κ2) is 7.94.